The van der Waals surface area contributed by atoms with Crippen molar-refractivity contribution in [3.05, 3.63) is 88.2 Å². The van der Waals surface area contributed by atoms with Gasteiger partial charge in [0.05, 0.1) is 56.3 Å². The zero-order valence-electron chi connectivity index (χ0n) is 20.7. The Morgan fingerprint density at radius 2 is 1.82 bits per heavy atom. The number of ether oxygens (including phenoxy) is 3. The van der Waals surface area contributed by atoms with E-state index in [1.165, 1.54) is 19.5 Å². The lowest BCUT2D eigenvalue weighted by Crippen LogP contribution is -2.67. The average Bonchev–Trinajstić information content (AvgIpc) is 3.32. The van der Waals surface area contributed by atoms with E-state index >= 15 is 0 Å². The molecule has 2 saturated heterocycles. The number of hydrogen-bond acceptors (Lipinski definition) is 7. The minimum absolute atomic E-state index is 0.0319. The molecule has 2 N–H and O–H groups in total. The molecule has 3 aromatic rings. The number of aromatic nitrogens is 1. The van der Waals surface area contributed by atoms with Gasteiger partial charge in [-0.15, -0.1) is 0 Å². The predicted octanol–water partition coefficient (Wildman–Crippen LogP) is 3.10. The summed E-state index contributed by atoms with van der Waals surface area (Å²) in [6.07, 6.45) is 2.40. The molecule has 3 fully saturated rings. The summed E-state index contributed by atoms with van der Waals surface area (Å²) < 4.78 is 18.9. The number of carbonyl (C=O) groups is 1. The smallest absolute Gasteiger partial charge is 0.229 e. The number of aliphatic hydroxyl groups excluding tert-OH is 1. The molecule has 8 nitrogen and oxygen atoms in total. The van der Waals surface area contributed by atoms with Gasteiger partial charge in [0.15, 0.2) is 11.2 Å². The molecule has 9 heteroatoms. The molecular weight excluding hydrogens is 552 g/mol. The fourth-order valence-corrected chi connectivity index (χ4v) is 7.50. The first-order valence-electron chi connectivity index (χ1n) is 12.7. The van der Waals surface area contributed by atoms with Gasteiger partial charge in [-0.1, -0.05) is 58.4 Å². The van der Waals surface area contributed by atoms with Gasteiger partial charge in [-0.3, -0.25) is 9.78 Å². The second-order valence-electron chi connectivity index (χ2n) is 10.5. The lowest BCUT2D eigenvalue weighted by atomic mass is 9.70. The first-order valence-corrected chi connectivity index (χ1v) is 13.5. The second kappa shape index (κ2) is 8.51. The highest BCUT2D eigenvalue weighted by atomic mass is 79.9. The standard InChI is InChI=1S/C29H27BrN2O6/c1-36-21-12-31-13-22-25(21)28(35)26(33)23(27(34)32-19-11-20(32)15-37-14-19)24(16-5-3-2-4-6-16)29(28,38-22)17-7-9-18(30)10-8-17/h2-10,12-13,19-20,23-24,26,33,35H,11,14-15H2,1H3/t19-,20+,23-,24-,26-,28+,29+/m1/s1. The van der Waals surface area contributed by atoms with Crippen LogP contribution in [0.3, 0.4) is 0 Å². The molecule has 0 radical (unpaired) electrons. The molecule has 2 aromatic carbocycles. The Balaban J connectivity index is 1.50. The van der Waals surface area contributed by atoms with Crippen LogP contribution in [-0.2, 0) is 20.7 Å². The average molecular weight is 579 g/mol. The van der Waals surface area contributed by atoms with E-state index < -0.39 is 29.1 Å². The number of rotatable bonds is 4. The van der Waals surface area contributed by atoms with E-state index in [1.54, 1.807) is 0 Å². The molecule has 7 rings (SSSR count). The first kappa shape index (κ1) is 24.1. The molecular formula is C29H27BrN2O6. The Bertz CT molecular complexity index is 1390. The molecule has 0 unspecified atom stereocenters. The van der Waals surface area contributed by atoms with Crippen molar-refractivity contribution in [3.8, 4) is 11.5 Å². The summed E-state index contributed by atoms with van der Waals surface area (Å²) in [5.74, 6) is -1.31. The van der Waals surface area contributed by atoms with Gasteiger partial charge in [-0.2, -0.15) is 0 Å². The summed E-state index contributed by atoms with van der Waals surface area (Å²) in [7, 11) is 1.49. The van der Waals surface area contributed by atoms with Crippen molar-refractivity contribution in [2.24, 2.45) is 5.92 Å². The number of carbonyl (C=O) groups excluding carboxylic acids is 1. The van der Waals surface area contributed by atoms with Gasteiger partial charge in [0.25, 0.3) is 0 Å². The van der Waals surface area contributed by atoms with Gasteiger partial charge in [0.1, 0.15) is 17.6 Å². The van der Waals surface area contributed by atoms with Gasteiger partial charge in [-0.05, 0) is 29.7 Å². The monoisotopic (exact) mass is 578 g/mol. The predicted molar refractivity (Wildman–Crippen MR) is 140 cm³/mol. The number of halogens is 1. The molecule has 1 amide bonds. The maximum absolute atomic E-state index is 14.4. The third kappa shape index (κ3) is 2.96. The van der Waals surface area contributed by atoms with Crippen molar-refractivity contribution < 1.29 is 29.2 Å². The van der Waals surface area contributed by atoms with Gasteiger partial charge in [-0.25, -0.2) is 0 Å². The quantitative estimate of drug-likeness (QED) is 0.490. The fraction of sp³-hybridized carbons (Fsp3) is 0.379. The number of morpholine rings is 1. The first-order chi connectivity index (χ1) is 18.4. The molecule has 1 aliphatic carbocycles. The van der Waals surface area contributed by atoms with E-state index in [0.717, 1.165) is 16.5 Å². The van der Waals surface area contributed by atoms with Crippen LogP contribution in [0, 0.1) is 5.92 Å². The van der Waals surface area contributed by atoms with Crippen LogP contribution in [0.4, 0.5) is 0 Å². The molecule has 4 heterocycles. The van der Waals surface area contributed by atoms with Crippen molar-refractivity contribution in [2.45, 2.75) is 41.7 Å². The summed E-state index contributed by atoms with van der Waals surface area (Å²) in [6, 6.07) is 16.9. The summed E-state index contributed by atoms with van der Waals surface area (Å²) in [5, 5.41) is 25.1. The lowest BCUT2D eigenvalue weighted by Gasteiger charge is -2.53. The second-order valence-corrected chi connectivity index (χ2v) is 11.4. The Hall–Kier alpha value is -2.98. The Morgan fingerprint density at radius 3 is 2.47 bits per heavy atom. The summed E-state index contributed by atoms with van der Waals surface area (Å²) in [4.78, 5) is 20.5. The van der Waals surface area contributed by atoms with E-state index in [-0.39, 0.29) is 23.7 Å². The van der Waals surface area contributed by atoms with Crippen LogP contribution in [0.1, 0.15) is 29.0 Å². The van der Waals surface area contributed by atoms with Gasteiger partial charge < -0.3 is 29.3 Å². The van der Waals surface area contributed by atoms with Crippen molar-refractivity contribution in [3.63, 3.8) is 0 Å². The summed E-state index contributed by atoms with van der Waals surface area (Å²) >= 11 is 3.50. The van der Waals surface area contributed by atoms with Crippen molar-refractivity contribution in [2.75, 3.05) is 20.3 Å². The Morgan fingerprint density at radius 1 is 1.11 bits per heavy atom. The highest BCUT2D eigenvalue weighted by molar-refractivity contribution is 9.10. The Labute approximate surface area is 228 Å². The number of methoxy groups -OCH3 is 1. The molecule has 7 atom stereocenters. The summed E-state index contributed by atoms with van der Waals surface area (Å²) in [5.41, 5.74) is -1.83. The minimum Gasteiger partial charge on any atom is -0.495 e. The molecule has 4 aliphatic rings. The van der Waals surface area contributed by atoms with Crippen molar-refractivity contribution >= 4 is 21.8 Å². The topological polar surface area (TPSA) is 101 Å². The maximum atomic E-state index is 14.4. The minimum atomic E-state index is -2.01. The van der Waals surface area contributed by atoms with E-state index in [4.69, 9.17) is 14.2 Å². The number of amides is 1. The third-order valence-electron chi connectivity index (χ3n) is 8.80. The van der Waals surface area contributed by atoms with E-state index in [1.807, 2.05) is 59.5 Å². The number of fused-ring (bicyclic) bond motifs is 5. The third-order valence-corrected chi connectivity index (χ3v) is 9.33. The van der Waals surface area contributed by atoms with Gasteiger partial charge in [0, 0.05) is 10.4 Å². The largest absolute Gasteiger partial charge is 0.495 e. The van der Waals surface area contributed by atoms with Crippen LogP contribution in [0.25, 0.3) is 0 Å². The SMILES string of the molecule is COc1cncc2c1[C@]1(O)[C@H](O)[C@H](C(=O)N3[C@@H]4COC[C@H]3C4)[C@@H](c3ccccc3)[C@]1(c1ccc(Br)cc1)O2. The molecule has 1 aromatic heterocycles. The fourth-order valence-electron chi connectivity index (χ4n) is 7.24. The lowest BCUT2D eigenvalue weighted by molar-refractivity contribution is -0.178. The van der Waals surface area contributed by atoms with Crippen LogP contribution in [0.15, 0.2) is 71.5 Å². The highest BCUT2D eigenvalue weighted by Crippen LogP contribution is 2.70. The molecule has 196 valence electrons. The molecule has 3 aliphatic heterocycles. The highest BCUT2D eigenvalue weighted by Gasteiger charge is 2.78. The van der Waals surface area contributed by atoms with Crippen LogP contribution < -0.4 is 9.47 Å². The summed E-state index contributed by atoms with van der Waals surface area (Å²) in [6.45, 7) is 0.948. The Kier molecular flexibility index (Phi) is 5.39. The zero-order valence-corrected chi connectivity index (χ0v) is 22.2. The molecule has 1 saturated carbocycles. The number of benzene rings is 2. The van der Waals surface area contributed by atoms with Crippen molar-refractivity contribution in [1.29, 1.82) is 0 Å². The van der Waals surface area contributed by atoms with E-state index in [0.29, 0.717) is 30.1 Å². The van der Waals surface area contributed by atoms with E-state index in [9.17, 15) is 15.0 Å². The van der Waals surface area contributed by atoms with Crippen LogP contribution in [0.2, 0.25) is 0 Å². The van der Waals surface area contributed by atoms with Crippen molar-refractivity contribution in [1.82, 2.24) is 9.88 Å². The number of nitrogens with zero attached hydrogens (tertiary/aromatic N) is 2. The van der Waals surface area contributed by atoms with E-state index in [2.05, 4.69) is 20.9 Å². The van der Waals surface area contributed by atoms with Crippen LogP contribution in [-0.4, -0.2) is 64.5 Å². The normalized spacial score (nSPS) is 34.6. The number of pyridine rings is 1. The van der Waals surface area contributed by atoms with Gasteiger partial charge in [0.2, 0.25) is 5.91 Å². The zero-order chi connectivity index (χ0) is 26.2. The van der Waals surface area contributed by atoms with Crippen LogP contribution in [0.5, 0.6) is 11.5 Å². The maximum Gasteiger partial charge on any atom is 0.229 e. The number of hydrogen-bond donors (Lipinski definition) is 2. The van der Waals surface area contributed by atoms with Crippen LogP contribution >= 0.6 is 15.9 Å². The number of aliphatic hydroxyl groups is 2. The molecule has 0 spiro atoms. The van der Waals surface area contributed by atoms with Gasteiger partial charge >= 0.3 is 0 Å². The molecule has 38 heavy (non-hydrogen) atoms. The molecule has 2 bridgehead atoms.